The van der Waals surface area contributed by atoms with Crippen LogP contribution < -0.4 is 5.32 Å². The SMILES string of the molecule is Cc1cc(C)cc([C@H]2CCN2)c1.Cl. The van der Waals surface area contributed by atoms with E-state index < -0.39 is 0 Å². The zero-order valence-corrected chi connectivity index (χ0v) is 8.95. The highest BCUT2D eigenvalue weighted by molar-refractivity contribution is 5.85. The molecule has 0 bridgehead atoms. The Balaban J connectivity index is 0.000000845. The fraction of sp³-hybridized carbons (Fsp3) is 0.455. The number of benzene rings is 1. The molecule has 2 rings (SSSR count). The van der Waals surface area contributed by atoms with Gasteiger partial charge in [-0.2, -0.15) is 0 Å². The van der Waals surface area contributed by atoms with Crippen molar-refractivity contribution in [2.24, 2.45) is 0 Å². The lowest BCUT2D eigenvalue weighted by molar-refractivity contribution is 0.383. The summed E-state index contributed by atoms with van der Waals surface area (Å²) in [6.07, 6.45) is 1.29. The van der Waals surface area contributed by atoms with Crippen LogP contribution in [-0.4, -0.2) is 6.54 Å². The van der Waals surface area contributed by atoms with Crippen molar-refractivity contribution in [3.05, 3.63) is 34.9 Å². The maximum Gasteiger partial charge on any atom is 0.0332 e. The first-order chi connectivity index (χ1) is 5.75. The topological polar surface area (TPSA) is 12.0 Å². The van der Waals surface area contributed by atoms with Crippen LogP contribution in [-0.2, 0) is 0 Å². The zero-order valence-electron chi connectivity index (χ0n) is 8.13. The molecular formula is C11H16ClN. The summed E-state index contributed by atoms with van der Waals surface area (Å²) in [5.74, 6) is 0. The average Bonchev–Trinajstić information content (AvgIpc) is 1.79. The van der Waals surface area contributed by atoms with Crippen molar-refractivity contribution in [2.45, 2.75) is 26.3 Å². The van der Waals surface area contributed by atoms with Gasteiger partial charge in [-0.25, -0.2) is 0 Å². The van der Waals surface area contributed by atoms with E-state index in [2.05, 4.69) is 37.4 Å². The number of nitrogens with one attached hydrogen (secondary N) is 1. The van der Waals surface area contributed by atoms with Gasteiger partial charge >= 0.3 is 0 Å². The van der Waals surface area contributed by atoms with Crippen molar-refractivity contribution in [2.75, 3.05) is 6.54 Å². The molecule has 0 amide bonds. The number of hydrogen-bond donors (Lipinski definition) is 1. The molecule has 0 unspecified atom stereocenters. The van der Waals surface area contributed by atoms with E-state index in [1.165, 1.54) is 29.7 Å². The molecule has 72 valence electrons. The summed E-state index contributed by atoms with van der Waals surface area (Å²) < 4.78 is 0. The fourth-order valence-corrected chi connectivity index (χ4v) is 1.78. The molecule has 0 radical (unpaired) electrons. The van der Waals surface area contributed by atoms with Crippen LogP contribution >= 0.6 is 12.4 Å². The van der Waals surface area contributed by atoms with E-state index in [0.717, 1.165) is 0 Å². The molecule has 0 aliphatic carbocycles. The van der Waals surface area contributed by atoms with Crippen LogP contribution in [0.3, 0.4) is 0 Å². The molecule has 1 aromatic carbocycles. The van der Waals surface area contributed by atoms with E-state index in [0.29, 0.717) is 6.04 Å². The van der Waals surface area contributed by atoms with Gasteiger partial charge in [0.15, 0.2) is 0 Å². The second-order valence-electron chi connectivity index (χ2n) is 3.72. The van der Waals surface area contributed by atoms with E-state index in [-0.39, 0.29) is 12.4 Å². The molecule has 1 N–H and O–H groups in total. The lowest BCUT2D eigenvalue weighted by Gasteiger charge is -2.28. The maximum absolute atomic E-state index is 3.42. The summed E-state index contributed by atoms with van der Waals surface area (Å²) in [4.78, 5) is 0. The second kappa shape index (κ2) is 4.12. The smallest absolute Gasteiger partial charge is 0.0332 e. The summed E-state index contributed by atoms with van der Waals surface area (Å²) in [6.45, 7) is 5.50. The van der Waals surface area contributed by atoms with Gasteiger partial charge in [-0.3, -0.25) is 0 Å². The van der Waals surface area contributed by atoms with E-state index >= 15 is 0 Å². The molecule has 13 heavy (non-hydrogen) atoms. The van der Waals surface area contributed by atoms with Gasteiger partial charge in [0.2, 0.25) is 0 Å². The van der Waals surface area contributed by atoms with Gasteiger partial charge in [-0.1, -0.05) is 29.3 Å². The third-order valence-corrected chi connectivity index (χ3v) is 2.47. The Morgan fingerprint density at radius 1 is 1.15 bits per heavy atom. The molecule has 0 aromatic heterocycles. The maximum atomic E-state index is 3.42. The summed E-state index contributed by atoms with van der Waals surface area (Å²) >= 11 is 0. The summed E-state index contributed by atoms with van der Waals surface area (Å²) in [5.41, 5.74) is 4.20. The van der Waals surface area contributed by atoms with E-state index in [1.807, 2.05) is 0 Å². The van der Waals surface area contributed by atoms with Gasteiger partial charge < -0.3 is 5.32 Å². The highest BCUT2D eigenvalue weighted by atomic mass is 35.5. The molecule has 2 heteroatoms. The Labute approximate surface area is 86.0 Å². The van der Waals surface area contributed by atoms with Crippen LogP contribution in [0.5, 0.6) is 0 Å². The first kappa shape index (κ1) is 10.6. The number of halogens is 1. The number of rotatable bonds is 1. The van der Waals surface area contributed by atoms with Crippen molar-refractivity contribution in [3.8, 4) is 0 Å². The summed E-state index contributed by atoms with van der Waals surface area (Å²) in [6, 6.07) is 7.42. The third-order valence-electron chi connectivity index (χ3n) is 2.47. The van der Waals surface area contributed by atoms with Crippen LogP contribution in [0.1, 0.15) is 29.2 Å². The molecule has 1 aliphatic heterocycles. The van der Waals surface area contributed by atoms with Crippen LogP contribution in [0.25, 0.3) is 0 Å². The lowest BCUT2D eigenvalue weighted by Crippen LogP contribution is -2.34. The molecule has 0 spiro atoms. The van der Waals surface area contributed by atoms with Crippen molar-refractivity contribution < 1.29 is 0 Å². The normalized spacial score (nSPS) is 20.3. The standard InChI is InChI=1S/C11H15N.ClH/c1-8-5-9(2)7-10(6-8)11-3-4-12-11;/h5-7,11-12H,3-4H2,1-2H3;1H/t11-;/m1./s1. The van der Waals surface area contributed by atoms with Gasteiger partial charge in [0, 0.05) is 6.04 Å². The number of hydrogen-bond acceptors (Lipinski definition) is 1. The van der Waals surface area contributed by atoms with Crippen molar-refractivity contribution in [1.29, 1.82) is 0 Å². The van der Waals surface area contributed by atoms with Crippen molar-refractivity contribution in [3.63, 3.8) is 0 Å². The van der Waals surface area contributed by atoms with Crippen molar-refractivity contribution in [1.82, 2.24) is 5.32 Å². The van der Waals surface area contributed by atoms with Crippen LogP contribution in [0.15, 0.2) is 18.2 Å². The molecule has 1 aliphatic rings. The summed E-state index contributed by atoms with van der Waals surface area (Å²) in [7, 11) is 0. The molecule has 0 saturated carbocycles. The molecule has 1 atom stereocenters. The largest absolute Gasteiger partial charge is 0.310 e. The van der Waals surface area contributed by atoms with Gasteiger partial charge in [0.1, 0.15) is 0 Å². The van der Waals surface area contributed by atoms with E-state index in [9.17, 15) is 0 Å². The van der Waals surface area contributed by atoms with Crippen LogP contribution in [0.2, 0.25) is 0 Å². The van der Waals surface area contributed by atoms with Gasteiger partial charge in [0.25, 0.3) is 0 Å². The highest BCUT2D eigenvalue weighted by Gasteiger charge is 2.18. The predicted octanol–water partition coefficient (Wildman–Crippen LogP) is 2.76. The van der Waals surface area contributed by atoms with Crippen LogP contribution in [0, 0.1) is 13.8 Å². The zero-order chi connectivity index (χ0) is 8.55. The second-order valence-corrected chi connectivity index (χ2v) is 3.72. The van der Waals surface area contributed by atoms with Crippen molar-refractivity contribution >= 4 is 12.4 Å². The highest BCUT2D eigenvalue weighted by Crippen LogP contribution is 2.24. The average molecular weight is 198 g/mol. The molecule has 1 saturated heterocycles. The van der Waals surface area contributed by atoms with Gasteiger partial charge in [-0.15, -0.1) is 12.4 Å². The molecule has 1 fully saturated rings. The minimum Gasteiger partial charge on any atom is -0.310 e. The summed E-state index contributed by atoms with van der Waals surface area (Å²) in [5, 5.41) is 3.42. The van der Waals surface area contributed by atoms with E-state index in [1.54, 1.807) is 0 Å². The predicted molar refractivity (Wildman–Crippen MR) is 58.5 cm³/mol. The first-order valence-corrected chi connectivity index (χ1v) is 4.57. The Bertz CT molecular complexity index is 272. The molecule has 1 aromatic rings. The molecule has 1 nitrogen and oxygen atoms in total. The molecular weight excluding hydrogens is 182 g/mol. The Morgan fingerprint density at radius 3 is 2.08 bits per heavy atom. The monoisotopic (exact) mass is 197 g/mol. The van der Waals surface area contributed by atoms with Crippen LogP contribution in [0.4, 0.5) is 0 Å². The quantitative estimate of drug-likeness (QED) is 0.730. The van der Waals surface area contributed by atoms with E-state index in [4.69, 9.17) is 0 Å². The third kappa shape index (κ3) is 2.23. The fourth-order valence-electron chi connectivity index (χ4n) is 1.78. The number of aryl methyl sites for hydroxylation is 2. The van der Waals surface area contributed by atoms with Gasteiger partial charge in [0.05, 0.1) is 0 Å². The minimum atomic E-state index is 0. The Morgan fingerprint density at radius 2 is 1.69 bits per heavy atom. The molecule has 1 heterocycles. The lowest BCUT2D eigenvalue weighted by atomic mass is 9.95. The first-order valence-electron chi connectivity index (χ1n) is 4.57. The Hall–Kier alpha value is -0.530. The van der Waals surface area contributed by atoms with Gasteiger partial charge in [-0.05, 0) is 32.4 Å². The minimum absolute atomic E-state index is 0. The Kier molecular flexibility index (Phi) is 3.34.